The van der Waals surface area contributed by atoms with Crippen molar-refractivity contribution in [3.8, 4) is 11.8 Å². The predicted molar refractivity (Wildman–Crippen MR) is 53.9 cm³/mol. The molecule has 16 heavy (non-hydrogen) atoms. The number of nitrogens with zero attached hydrogens (tertiary/aromatic N) is 2. The van der Waals surface area contributed by atoms with Crippen molar-refractivity contribution in [2.45, 2.75) is 19.3 Å². The molecule has 88 valence electrons. The van der Waals surface area contributed by atoms with E-state index in [1.54, 1.807) is 0 Å². The second-order valence-corrected chi connectivity index (χ2v) is 3.12. The molecular weight excluding hydrogens is 216 g/mol. The molecule has 1 rings (SSSR count). The highest BCUT2D eigenvalue weighted by molar-refractivity contribution is 5.69. The molecule has 1 aromatic rings. The third kappa shape index (κ3) is 3.26. The number of unbranched alkanes of at least 4 members (excludes halogenated alkanes) is 1. The summed E-state index contributed by atoms with van der Waals surface area (Å²) in [6.07, 6.45) is 1.06. The summed E-state index contributed by atoms with van der Waals surface area (Å²) in [6.45, 7) is 0.160. The van der Waals surface area contributed by atoms with Gasteiger partial charge in [-0.05, 0) is 12.8 Å². The number of aromatic nitrogens is 1. The second-order valence-electron chi connectivity index (χ2n) is 3.12. The number of hydrogen-bond acceptors (Lipinski definition) is 6. The summed E-state index contributed by atoms with van der Waals surface area (Å²) < 4.78 is 0.625. The zero-order chi connectivity index (χ0) is 12.0. The van der Waals surface area contributed by atoms with Crippen LogP contribution in [-0.2, 0) is 4.79 Å². The molecule has 1 aromatic heterocycles. The van der Waals surface area contributed by atoms with Gasteiger partial charge >= 0.3 is 5.97 Å². The fraction of sp³-hybridized carbons (Fsp3) is 0.444. The van der Waals surface area contributed by atoms with Gasteiger partial charge < -0.3 is 15.1 Å². The van der Waals surface area contributed by atoms with Crippen molar-refractivity contribution < 1.29 is 19.8 Å². The second kappa shape index (κ2) is 5.74. The van der Waals surface area contributed by atoms with Crippen LogP contribution in [-0.4, -0.2) is 27.5 Å². The maximum Gasteiger partial charge on any atom is 0.333 e. The van der Waals surface area contributed by atoms with Gasteiger partial charge in [0.25, 0.3) is 0 Å². The minimum absolute atomic E-state index is 0.0899. The molecule has 0 aliphatic heterocycles. The van der Waals surface area contributed by atoms with E-state index >= 15 is 0 Å². The highest BCUT2D eigenvalue weighted by Gasteiger charge is 2.11. The van der Waals surface area contributed by atoms with Crippen molar-refractivity contribution in [2.24, 2.45) is 5.18 Å². The van der Waals surface area contributed by atoms with E-state index in [1.165, 1.54) is 12.1 Å². The first-order chi connectivity index (χ1) is 7.65. The third-order valence-electron chi connectivity index (χ3n) is 1.87. The Labute approximate surface area is 91.2 Å². The Hall–Kier alpha value is -2.05. The molecule has 2 N–H and O–H groups in total. The molecule has 0 saturated heterocycles. The maximum atomic E-state index is 11.2. The topological polar surface area (TPSA) is 101 Å². The molecule has 7 heteroatoms. The molecule has 7 nitrogen and oxygen atoms in total. The minimum atomic E-state index is -0.604. The van der Waals surface area contributed by atoms with E-state index in [0.717, 1.165) is 0 Å². The van der Waals surface area contributed by atoms with Crippen LogP contribution in [0.3, 0.4) is 0 Å². The van der Waals surface area contributed by atoms with Crippen LogP contribution in [0.15, 0.2) is 17.3 Å². The number of nitroso groups, excluding NO2 is 1. The molecule has 0 spiro atoms. The van der Waals surface area contributed by atoms with E-state index in [4.69, 9.17) is 10.2 Å². The van der Waals surface area contributed by atoms with Crippen molar-refractivity contribution in [3.05, 3.63) is 17.0 Å². The van der Waals surface area contributed by atoms with Crippen LogP contribution >= 0.6 is 0 Å². The van der Waals surface area contributed by atoms with Crippen LogP contribution in [0.25, 0.3) is 0 Å². The summed E-state index contributed by atoms with van der Waals surface area (Å²) in [5.41, 5.74) is 0. The summed E-state index contributed by atoms with van der Waals surface area (Å²) in [7, 11) is 0. The Morgan fingerprint density at radius 2 is 1.94 bits per heavy atom. The molecule has 0 aliphatic carbocycles. The fourth-order valence-electron chi connectivity index (χ4n) is 1.09. The molecule has 0 unspecified atom stereocenters. The van der Waals surface area contributed by atoms with Crippen LogP contribution < -0.4 is 4.84 Å². The lowest BCUT2D eigenvalue weighted by molar-refractivity contribution is -0.145. The van der Waals surface area contributed by atoms with Crippen molar-refractivity contribution in [1.82, 2.24) is 4.73 Å². The van der Waals surface area contributed by atoms with Gasteiger partial charge in [-0.25, -0.2) is 4.79 Å². The molecule has 0 saturated carbocycles. The molecule has 1 heterocycles. The van der Waals surface area contributed by atoms with Gasteiger partial charge in [0.15, 0.2) is 0 Å². The van der Waals surface area contributed by atoms with Crippen LogP contribution in [0, 0.1) is 4.91 Å². The summed E-state index contributed by atoms with van der Waals surface area (Å²) in [6, 6.07) is 2.39. The predicted octanol–water partition coefficient (Wildman–Crippen LogP) is 0.791. The molecule has 0 fully saturated rings. The Kier molecular flexibility index (Phi) is 4.31. The standard InChI is InChI=1S/C9H12N2O5/c12-7-4-5-8(13)11(7)16-9(14)3-1-2-6-10-15/h4-5,12-13H,1-3,6H2. The largest absolute Gasteiger partial charge is 0.492 e. The number of rotatable bonds is 6. The Morgan fingerprint density at radius 3 is 2.50 bits per heavy atom. The van der Waals surface area contributed by atoms with Crippen LogP contribution in [0.2, 0.25) is 0 Å². The van der Waals surface area contributed by atoms with E-state index in [0.29, 0.717) is 17.6 Å². The van der Waals surface area contributed by atoms with E-state index < -0.39 is 5.97 Å². The van der Waals surface area contributed by atoms with E-state index in [9.17, 15) is 9.70 Å². The van der Waals surface area contributed by atoms with Crippen molar-refractivity contribution in [1.29, 1.82) is 0 Å². The normalized spacial score (nSPS) is 10.0. The average Bonchev–Trinajstić information content (AvgIpc) is 2.56. The zero-order valence-corrected chi connectivity index (χ0v) is 8.50. The van der Waals surface area contributed by atoms with Crippen molar-refractivity contribution in [3.63, 3.8) is 0 Å². The minimum Gasteiger partial charge on any atom is -0.492 e. The SMILES string of the molecule is O=NCCCCC(=O)On1c(O)ccc1O. The quantitative estimate of drug-likeness (QED) is 0.553. The number of carbonyl (C=O) groups is 1. The number of carbonyl (C=O) groups excluding carboxylic acids is 1. The molecule has 0 amide bonds. The van der Waals surface area contributed by atoms with Gasteiger partial charge in [0.2, 0.25) is 11.8 Å². The zero-order valence-electron chi connectivity index (χ0n) is 8.50. The first-order valence-corrected chi connectivity index (χ1v) is 4.75. The van der Waals surface area contributed by atoms with Crippen LogP contribution in [0.1, 0.15) is 19.3 Å². The van der Waals surface area contributed by atoms with Gasteiger partial charge in [-0.3, -0.25) is 0 Å². The Balaban J connectivity index is 2.37. The fourth-order valence-corrected chi connectivity index (χ4v) is 1.09. The molecule has 0 aromatic carbocycles. The lowest BCUT2D eigenvalue weighted by atomic mass is 10.2. The third-order valence-corrected chi connectivity index (χ3v) is 1.87. The first kappa shape index (κ1) is 12.0. The van der Waals surface area contributed by atoms with Gasteiger partial charge in [0, 0.05) is 18.6 Å². The van der Waals surface area contributed by atoms with Crippen LogP contribution in [0.5, 0.6) is 11.8 Å². The average molecular weight is 228 g/mol. The number of hydrogen-bond donors (Lipinski definition) is 2. The van der Waals surface area contributed by atoms with Gasteiger partial charge in [-0.15, -0.1) is 4.73 Å². The number of aromatic hydroxyl groups is 2. The smallest absolute Gasteiger partial charge is 0.333 e. The van der Waals surface area contributed by atoms with E-state index in [1.807, 2.05) is 0 Å². The molecular formula is C9H12N2O5. The van der Waals surface area contributed by atoms with Gasteiger partial charge in [-0.1, -0.05) is 5.18 Å². The molecule has 0 aliphatic rings. The van der Waals surface area contributed by atoms with Gasteiger partial charge in [0.1, 0.15) is 0 Å². The maximum absolute atomic E-state index is 11.2. The van der Waals surface area contributed by atoms with Crippen molar-refractivity contribution in [2.75, 3.05) is 6.54 Å². The first-order valence-electron chi connectivity index (χ1n) is 4.75. The Bertz CT molecular complexity index is 354. The summed E-state index contributed by atoms with van der Waals surface area (Å²) in [4.78, 5) is 25.6. The summed E-state index contributed by atoms with van der Waals surface area (Å²) >= 11 is 0. The Morgan fingerprint density at radius 1 is 1.31 bits per heavy atom. The van der Waals surface area contributed by atoms with E-state index in [-0.39, 0.29) is 24.7 Å². The van der Waals surface area contributed by atoms with E-state index in [2.05, 4.69) is 10.0 Å². The molecule has 0 atom stereocenters. The highest BCUT2D eigenvalue weighted by Crippen LogP contribution is 2.18. The van der Waals surface area contributed by atoms with Gasteiger partial charge in [0.05, 0.1) is 6.54 Å². The summed E-state index contributed by atoms with van der Waals surface area (Å²) in [5, 5.41) is 21.0. The monoisotopic (exact) mass is 228 g/mol. The van der Waals surface area contributed by atoms with Gasteiger partial charge in [-0.2, -0.15) is 4.91 Å². The highest BCUT2D eigenvalue weighted by atomic mass is 16.7. The van der Waals surface area contributed by atoms with Crippen molar-refractivity contribution >= 4 is 5.97 Å². The molecule has 0 bridgehead atoms. The van der Waals surface area contributed by atoms with Crippen LogP contribution in [0.4, 0.5) is 0 Å². The lowest BCUT2D eigenvalue weighted by Gasteiger charge is -2.06. The summed E-state index contributed by atoms with van der Waals surface area (Å²) in [5.74, 6) is -1.33. The molecule has 0 radical (unpaired) electrons. The lowest BCUT2D eigenvalue weighted by Crippen LogP contribution is -2.18.